The molecule has 2 aliphatic heterocycles. The minimum absolute atomic E-state index is 0.393. The van der Waals surface area contributed by atoms with Crippen molar-refractivity contribution in [1.82, 2.24) is 10.5 Å². The van der Waals surface area contributed by atoms with Gasteiger partial charge in [0.25, 0.3) is 0 Å². The Labute approximate surface area is 162 Å². The number of carbonyl (C=O) groups excluding carboxylic acids is 1. The molecule has 0 amide bonds. The van der Waals surface area contributed by atoms with Crippen molar-refractivity contribution in [1.29, 1.82) is 0 Å². The zero-order valence-corrected chi connectivity index (χ0v) is 15.8. The van der Waals surface area contributed by atoms with Gasteiger partial charge in [-0.1, -0.05) is 41.9 Å². The van der Waals surface area contributed by atoms with Crippen LogP contribution in [0.3, 0.4) is 0 Å². The van der Waals surface area contributed by atoms with Crippen LogP contribution in [-0.2, 0) is 9.53 Å². The summed E-state index contributed by atoms with van der Waals surface area (Å²) in [6.45, 7) is 4.15. The maximum atomic E-state index is 11.7. The average molecular weight is 383 g/mol. The Morgan fingerprint density at radius 2 is 2.04 bits per heavy atom. The zero-order valence-electron chi connectivity index (χ0n) is 15.0. The largest absolute Gasteiger partial charge is 0.434 e. The van der Waals surface area contributed by atoms with Crippen LogP contribution >= 0.6 is 11.6 Å². The Bertz CT molecular complexity index is 942. The summed E-state index contributed by atoms with van der Waals surface area (Å²) in [5.74, 6) is -0.393. The number of hydrogen-bond acceptors (Lipinski definition) is 6. The number of halogens is 1. The van der Waals surface area contributed by atoms with Crippen molar-refractivity contribution in [2.45, 2.75) is 20.1 Å². The summed E-state index contributed by atoms with van der Waals surface area (Å²) in [6.07, 6.45) is 1.14. The minimum Gasteiger partial charge on any atom is -0.434 e. The normalized spacial score (nSPS) is 18.3. The molecule has 4 rings (SSSR count). The van der Waals surface area contributed by atoms with Crippen molar-refractivity contribution in [3.05, 3.63) is 76.6 Å². The Kier molecular flexibility index (Phi) is 4.59. The highest BCUT2D eigenvalue weighted by Gasteiger charge is 2.35. The Morgan fingerprint density at radius 3 is 2.74 bits per heavy atom. The van der Waals surface area contributed by atoms with Crippen molar-refractivity contribution in [3.8, 4) is 0 Å². The van der Waals surface area contributed by atoms with Gasteiger partial charge >= 0.3 is 5.97 Å². The lowest BCUT2D eigenvalue weighted by Gasteiger charge is -2.26. The molecule has 0 bridgehead atoms. The van der Waals surface area contributed by atoms with Crippen LogP contribution in [0.1, 0.15) is 25.0 Å². The van der Waals surface area contributed by atoms with Gasteiger partial charge in [0.05, 0.1) is 11.4 Å². The fraction of sp³-hybridized carbons (Fsp3) is 0.200. The van der Waals surface area contributed by atoms with Crippen LogP contribution in [-0.4, -0.2) is 29.5 Å². The van der Waals surface area contributed by atoms with Crippen LogP contribution in [0.15, 0.2) is 65.4 Å². The summed E-state index contributed by atoms with van der Waals surface area (Å²) in [4.78, 5) is 16.6. The molecule has 0 aromatic heterocycles. The molecule has 0 saturated heterocycles. The third-order valence-corrected chi connectivity index (χ3v) is 4.63. The summed E-state index contributed by atoms with van der Waals surface area (Å²) < 4.78 is 5.56. The zero-order chi connectivity index (χ0) is 19.0. The lowest BCUT2D eigenvalue weighted by molar-refractivity contribution is -0.144. The van der Waals surface area contributed by atoms with Gasteiger partial charge < -0.3 is 4.74 Å². The van der Waals surface area contributed by atoms with E-state index in [1.807, 2.05) is 71.7 Å². The van der Waals surface area contributed by atoms with Crippen LogP contribution in [0.4, 0.5) is 5.69 Å². The van der Waals surface area contributed by atoms with E-state index in [0.29, 0.717) is 5.02 Å². The van der Waals surface area contributed by atoms with Crippen LogP contribution in [0.2, 0.25) is 5.02 Å². The standard InChI is InChI=1S/C20H19ClN4O2/c1-3-24-12-18-20(27-13(2)26)22-19(14-7-5-4-6-8-14)16-11-15(21)9-10-17(16)25(18)23-24/h4-12,20,23H,3H2,1-2H3. The maximum absolute atomic E-state index is 11.7. The summed E-state index contributed by atoms with van der Waals surface area (Å²) >= 11 is 6.30. The van der Waals surface area contributed by atoms with E-state index in [-0.39, 0.29) is 0 Å². The summed E-state index contributed by atoms with van der Waals surface area (Å²) in [7, 11) is 0. The number of carbonyl (C=O) groups is 1. The molecule has 0 saturated carbocycles. The molecule has 1 N–H and O–H groups in total. The second kappa shape index (κ2) is 7.06. The molecule has 7 heteroatoms. The fourth-order valence-electron chi connectivity index (χ4n) is 3.18. The first-order chi connectivity index (χ1) is 13.1. The number of benzene rings is 2. The van der Waals surface area contributed by atoms with E-state index in [1.54, 1.807) is 0 Å². The molecule has 27 heavy (non-hydrogen) atoms. The van der Waals surface area contributed by atoms with E-state index >= 15 is 0 Å². The number of nitrogens with zero attached hydrogens (tertiary/aromatic N) is 3. The number of hydrazine groups is 2. The monoisotopic (exact) mass is 382 g/mol. The van der Waals surface area contributed by atoms with E-state index in [4.69, 9.17) is 21.3 Å². The molecule has 2 heterocycles. The number of ether oxygens (including phenoxy) is 1. The maximum Gasteiger partial charge on any atom is 0.304 e. The van der Waals surface area contributed by atoms with Gasteiger partial charge in [0.2, 0.25) is 6.23 Å². The molecule has 2 aliphatic rings. The van der Waals surface area contributed by atoms with Gasteiger partial charge in [0.15, 0.2) is 0 Å². The van der Waals surface area contributed by atoms with Crippen LogP contribution in [0, 0.1) is 0 Å². The van der Waals surface area contributed by atoms with E-state index in [9.17, 15) is 4.79 Å². The highest BCUT2D eigenvalue weighted by Crippen LogP contribution is 2.35. The topological polar surface area (TPSA) is 57.2 Å². The molecule has 138 valence electrons. The van der Waals surface area contributed by atoms with E-state index in [1.165, 1.54) is 6.92 Å². The van der Waals surface area contributed by atoms with Crippen LogP contribution in [0.25, 0.3) is 0 Å². The number of aliphatic imine (C=N–C) groups is 1. The lowest BCUT2D eigenvalue weighted by Crippen LogP contribution is -2.42. The van der Waals surface area contributed by atoms with E-state index < -0.39 is 12.2 Å². The molecule has 2 aromatic rings. The van der Waals surface area contributed by atoms with Gasteiger partial charge in [-0.25, -0.2) is 4.99 Å². The number of nitrogens with one attached hydrogen (secondary N) is 1. The van der Waals surface area contributed by atoms with Crippen molar-refractivity contribution in [2.75, 3.05) is 11.6 Å². The molecule has 1 unspecified atom stereocenters. The Morgan fingerprint density at radius 1 is 1.26 bits per heavy atom. The number of rotatable bonds is 3. The highest BCUT2D eigenvalue weighted by molar-refractivity contribution is 6.31. The van der Waals surface area contributed by atoms with Gasteiger partial charge in [-0.2, -0.15) is 0 Å². The first-order valence-corrected chi connectivity index (χ1v) is 9.09. The third kappa shape index (κ3) is 3.29. The molecule has 1 atom stereocenters. The first kappa shape index (κ1) is 17.6. The second-order valence-corrected chi connectivity index (χ2v) is 6.68. The molecule has 0 fully saturated rings. The van der Waals surface area contributed by atoms with Crippen molar-refractivity contribution in [3.63, 3.8) is 0 Å². The molecular weight excluding hydrogens is 364 g/mol. The quantitative estimate of drug-likeness (QED) is 0.823. The summed E-state index contributed by atoms with van der Waals surface area (Å²) in [5.41, 5.74) is 7.43. The van der Waals surface area contributed by atoms with Gasteiger partial charge in [-0.05, 0) is 25.1 Å². The van der Waals surface area contributed by atoms with Crippen molar-refractivity contribution in [2.24, 2.45) is 4.99 Å². The highest BCUT2D eigenvalue weighted by atomic mass is 35.5. The first-order valence-electron chi connectivity index (χ1n) is 8.72. The number of anilines is 1. The SMILES string of the molecule is CCN1C=C2C(OC(C)=O)N=C(c3ccccc3)c3cc(Cl)ccc3N2N1. The molecule has 2 aromatic carbocycles. The van der Waals surface area contributed by atoms with Gasteiger partial charge in [-0.15, -0.1) is 5.53 Å². The smallest absolute Gasteiger partial charge is 0.304 e. The second-order valence-electron chi connectivity index (χ2n) is 6.24. The van der Waals surface area contributed by atoms with Gasteiger partial charge in [-0.3, -0.25) is 14.8 Å². The van der Waals surface area contributed by atoms with Crippen molar-refractivity contribution >= 4 is 29.0 Å². The van der Waals surface area contributed by atoms with E-state index in [2.05, 4.69) is 5.53 Å². The van der Waals surface area contributed by atoms with Crippen LogP contribution in [0.5, 0.6) is 0 Å². The predicted molar refractivity (Wildman–Crippen MR) is 105 cm³/mol. The number of fused-ring (bicyclic) bond motifs is 3. The Balaban J connectivity index is 1.94. The van der Waals surface area contributed by atoms with Gasteiger partial charge in [0, 0.05) is 35.8 Å². The molecule has 0 spiro atoms. The van der Waals surface area contributed by atoms with Gasteiger partial charge in [0.1, 0.15) is 5.70 Å². The van der Waals surface area contributed by atoms with E-state index in [0.717, 1.165) is 34.8 Å². The van der Waals surface area contributed by atoms with Crippen LogP contribution < -0.4 is 10.5 Å². The molecule has 0 radical (unpaired) electrons. The lowest BCUT2D eigenvalue weighted by atomic mass is 10.0. The number of esters is 1. The molecule has 6 nitrogen and oxygen atoms in total. The summed E-state index contributed by atoms with van der Waals surface area (Å²) in [6, 6.07) is 15.5. The Hall–Kier alpha value is -2.83. The number of hydrogen-bond donors (Lipinski definition) is 1. The predicted octanol–water partition coefficient (Wildman–Crippen LogP) is 3.48. The summed E-state index contributed by atoms with van der Waals surface area (Å²) in [5, 5.41) is 4.41. The minimum atomic E-state index is -0.770. The fourth-order valence-corrected chi connectivity index (χ4v) is 3.35. The molecular formula is C20H19ClN4O2. The van der Waals surface area contributed by atoms with Crippen molar-refractivity contribution < 1.29 is 9.53 Å². The molecule has 0 aliphatic carbocycles. The third-order valence-electron chi connectivity index (χ3n) is 4.39. The average Bonchev–Trinajstić information content (AvgIpc) is 3.05.